The van der Waals surface area contributed by atoms with E-state index in [9.17, 15) is 5.26 Å². The molecule has 0 aliphatic carbocycles. The Morgan fingerprint density at radius 3 is 2.56 bits per heavy atom. The largest absolute Gasteiger partial charge is 0.439 e. The molecule has 1 aromatic heterocycles. The highest BCUT2D eigenvalue weighted by Crippen LogP contribution is 2.34. The number of rotatable bonds is 6. The van der Waals surface area contributed by atoms with E-state index in [1.54, 1.807) is 6.07 Å². The van der Waals surface area contributed by atoms with Gasteiger partial charge in [0.2, 0.25) is 5.88 Å². The molecule has 2 aromatic carbocycles. The average Bonchev–Trinajstić information content (AvgIpc) is 2.68. The third-order valence-corrected chi connectivity index (χ3v) is 4.49. The third-order valence-electron chi connectivity index (χ3n) is 4.49. The molecular formula is C23H23N3O. The maximum Gasteiger partial charge on any atom is 0.223 e. The fourth-order valence-electron chi connectivity index (χ4n) is 3.15. The summed E-state index contributed by atoms with van der Waals surface area (Å²) in [5.74, 6) is 2.16. The van der Waals surface area contributed by atoms with Crippen molar-refractivity contribution < 1.29 is 4.74 Å². The van der Waals surface area contributed by atoms with Crippen molar-refractivity contribution in [2.45, 2.75) is 39.5 Å². The van der Waals surface area contributed by atoms with Crippen LogP contribution in [0.4, 0.5) is 0 Å². The highest BCUT2D eigenvalue weighted by Gasteiger charge is 2.14. The van der Waals surface area contributed by atoms with E-state index in [0.717, 1.165) is 29.7 Å². The highest BCUT2D eigenvalue weighted by atomic mass is 16.5. The standard InChI is InChI=1S/C23H23N3O/c1-4-8-16(2)20-12-11-18(15-24)13-22(20)27-23-14-21(25-17(3)26-23)19-9-6-5-7-10-19/h5-7,9-14,16H,4,8H2,1-3H3. The second-order valence-electron chi connectivity index (χ2n) is 6.66. The maximum atomic E-state index is 9.27. The minimum atomic E-state index is 0.342. The molecule has 27 heavy (non-hydrogen) atoms. The molecule has 0 fully saturated rings. The fraction of sp³-hybridized carbons (Fsp3) is 0.261. The molecule has 0 bridgehead atoms. The van der Waals surface area contributed by atoms with Crippen molar-refractivity contribution in [3.05, 3.63) is 71.5 Å². The first-order chi connectivity index (χ1) is 13.1. The number of nitrogens with zero attached hydrogens (tertiary/aromatic N) is 3. The van der Waals surface area contributed by atoms with E-state index in [-0.39, 0.29) is 0 Å². The van der Waals surface area contributed by atoms with E-state index in [1.807, 2.05) is 55.5 Å². The van der Waals surface area contributed by atoms with Gasteiger partial charge in [0.15, 0.2) is 0 Å². The summed E-state index contributed by atoms with van der Waals surface area (Å²) in [6.07, 6.45) is 2.14. The Balaban J connectivity index is 2.00. The monoisotopic (exact) mass is 357 g/mol. The Kier molecular flexibility index (Phi) is 5.83. The Morgan fingerprint density at radius 2 is 1.85 bits per heavy atom. The second kappa shape index (κ2) is 8.46. The van der Waals surface area contributed by atoms with Gasteiger partial charge in [0.05, 0.1) is 17.3 Å². The predicted molar refractivity (Wildman–Crippen MR) is 107 cm³/mol. The number of aromatic nitrogens is 2. The molecule has 0 N–H and O–H groups in total. The van der Waals surface area contributed by atoms with Gasteiger partial charge in [-0.25, -0.2) is 4.98 Å². The number of ether oxygens (including phenoxy) is 1. The van der Waals surface area contributed by atoms with Crippen LogP contribution in [0.15, 0.2) is 54.6 Å². The Hall–Kier alpha value is -3.19. The van der Waals surface area contributed by atoms with Crippen LogP contribution in [0.1, 0.15) is 49.6 Å². The summed E-state index contributed by atoms with van der Waals surface area (Å²) >= 11 is 0. The maximum absolute atomic E-state index is 9.27. The van der Waals surface area contributed by atoms with Crippen LogP contribution in [0.25, 0.3) is 11.3 Å². The molecule has 1 unspecified atom stereocenters. The van der Waals surface area contributed by atoms with Gasteiger partial charge in [0.25, 0.3) is 0 Å². The minimum Gasteiger partial charge on any atom is -0.439 e. The van der Waals surface area contributed by atoms with E-state index in [1.165, 1.54) is 0 Å². The number of hydrogen-bond donors (Lipinski definition) is 0. The number of aryl methyl sites for hydroxylation is 1. The first-order valence-electron chi connectivity index (χ1n) is 9.23. The molecule has 3 aromatic rings. The minimum absolute atomic E-state index is 0.342. The summed E-state index contributed by atoms with van der Waals surface area (Å²) in [6.45, 7) is 6.20. The molecule has 4 heteroatoms. The summed E-state index contributed by atoms with van der Waals surface area (Å²) in [6, 6.07) is 19.6. The molecule has 0 saturated carbocycles. The van der Waals surface area contributed by atoms with Gasteiger partial charge >= 0.3 is 0 Å². The van der Waals surface area contributed by atoms with Crippen LogP contribution in [0, 0.1) is 18.3 Å². The summed E-state index contributed by atoms with van der Waals surface area (Å²) in [5, 5.41) is 9.27. The van der Waals surface area contributed by atoms with E-state index in [2.05, 4.69) is 29.9 Å². The van der Waals surface area contributed by atoms with Crippen LogP contribution in [-0.2, 0) is 0 Å². The number of nitriles is 1. The fourth-order valence-corrected chi connectivity index (χ4v) is 3.15. The third kappa shape index (κ3) is 4.51. The molecule has 0 aliphatic heterocycles. The smallest absolute Gasteiger partial charge is 0.223 e. The van der Waals surface area contributed by atoms with E-state index >= 15 is 0 Å². The quantitative estimate of drug-likeness (QED) is 0.541. The molecule has 0 spiro atoms. The Bertz CT molecular complexity index is 961. The molecule has 0 amide bonds. The van der Waals surface area contributed by atoms with Crippen molar-refractivity contribution in [3.63, 3.8) is 0 Å². The van der Waals surface area contributed by atoms with Gasteiger partial charge in [-0.05, 0) is 37.0 Å². The van der Waals surface area contributed by atoms with Crippen LogP contribution >= 0.6 is 0 Å². The molecule has 0 radical (unpaired) electrons. The van der Waals surface area contributed by atoms with Crippen molar-refractivity contribution >= 4 is 0 Å². The van der Waals surface area contributed by atoms with Gasteiger partial charge in [-0.2, -0.15) is 10.2 Å². The zero-order chi connectivity index (χ0) is 19.2. The SMILES string of the molecule is CCCC(C)c1ccc(C#N)cc1Oc1cc(-c2ccccc2)nc(C)n1. The van der Waals surface area contributed by atoms with Crippen molar-refractivity contribution in [2.24, 2.45) is 0 Å². The van der Waals surface area contributed by atoms with Crippen molar-refractivity contribution in [1.82, 2.24) is 9.97 Å². The molecular weight excluding hydrogens is 334 g/mol. The Morgan fingerprint density at radius 1 is 1.07 bits per heavy atom. The summed E-state index contributed by atoms with van der Waals surface area (Å²) in [5.41, 5.74) is 3.50. The second-order valence-corrected chi connectivity index (χ2v) is 6.66. The Labute approximate surface area is 160 Å². The van der Waals surface area contributed by atoms with Crippen molar-refractivity contribution in [1.29, 1.82) is 5.26 Å². The van der Waals surface area contributed by atoms with Gasteiger partial charge in [-0.3, -0.25) is 0 Å². The molecule has 3 rings (SSSR count). The summed E-state index contributed by atoms with van der Waals surface area (Å²) < 4.78 is 6.16. The van der Waals surface area contributed by atoms with Gasteiger partial charge in [0, 0.05) is 11.6 Å². The van der Waals surface area contributed by atoms with Crippen LogP contribution in [-0.4, -0.2) is 9.97 Å². The van der Waals surface area contributed by atoms with E-state index < -0.39 is 0 Å². The van der Waals surface area contributed by atoms with Crippen LogP contribution in [0.3, 0.4) is 0 Å². The van der Waals surface area contributed by atoms with Crippen LogP contribution in [0.2, 0.25) is 0 Å². The van der Waals surface area contributed by atoms with Gasteiger partial charge < -0.3 is 4.74 Å². The average molecular weight is 357 g/mol. The molecule has 1 atom stereocenters. The lowest BCUT2D eigenvalue weighted by atomic mass is 9.95. The zero-order valence-corrected chi connectivity index (χ0v) is 15.9. The van der Waals surface area contributed by atoms with Gasteiger partial charge in [-0.15, -0.1) is 0 Å². The lowest BCUT2D eigenvalue weighted by molar-refractivity contribution is 0.448. The van der Waals surface area contributed by atoms with Crippen LogP contribution in [0.5, 0.6) is 11.6 Å². The molecule has 0 aliphatic rings. The summed E-state index contributed by atoms with van der Waals surface area (Å²) in [7, 11) is 0. The zero-order valence-electron chi connectivity index (χ0n) is 15.9. The normalized spacial score (nSPS) is 11.6. The van der Waals surface area contributed by atoms with Gasteiger partial charge in [-0.1, -0.05) is 56.7 Å². The first-order valence-corrected chi connectivity index (χ1v) is 9.23. The van der Waals surface area contributed by atoms with Crippen molar-refractivity contribution in [3.8, 4) is 29.0 Å². The number of benzene rings is 2. The summed E-state index contributed by atoms with van der Waals surface area (Å²) in [4.78, 5) is 8.96. The van der Waals surface area contributed by atoms with Crippen LogP contribution < -0.4 is 4.74 Å². The predicted octanol–water partition coefficient (Wildman–Crippen LogP) is 6.02. The van der Waals surface area contributed by atoms with E-state index in [4.69, 9.17) is 4.74 Å². The topological polar surface area (TPSA) is 58.8 Å². The lowest BCUT2D eigenvalue weighted by Crippen LogP contribution is -2.00. The molecule has 1 heterocycles. The lowest BCUT2D eigenvalue weighted by Gasteiger charge is -2.17. The van der Waals surface area contributed by atoms with Gasteiger partial charge in [0.1, 0.15) is 11.6 Å². The molecule has 136 valence electrons. The van der Waals surface area contributed by atoms with E-state index in [0.29, 0.717) is 28.9 Å². The molecule has 4 nitrogen and oxygen atoms in total. The first kappa shape index (κ1) is 18.6. The van der Waals surface area contributed by atoms with Crippen molar-refractivity contribution in [2.75, 3.05) is 0 Å². The molecule has 0 saturated heterocycles. The number of hydrogen-bond acceptors (Lipinski definition) is 4. The highest BCUT2D eigenvalue weighted by molar-refractivity contribution is 5.60.